The second-order valence-corrected chi connectivity index (χ2v) is 4.15. The first-order valence-electron chi connectivity index (χ1n) is 6.44. The van der Waals surface area contributed by atoms with Crippen molar-refractivity contribution in [3.05, 3.63) is 11.1 Å². The van der Waals surface area contributed by atoms with Crippen molar-refractivity contribution in [3.8, 4) is 6.07 Å². The summed E-state index contributed by atoms with van der Waals surface area (Å²) in [5.74, 6) is -0.485. The molecule has 0 saturated carbocycles. The van der Waals surface area contributed by atoms with Gasteiger partial charge in [0.05, 0.1) is 6.61 Å². The number of unbranched alkanes of at least 4 members (excludes halogenated alkanes) is 4. The van der Waals surface area contributed by atoms with Gasteiger partial charge in [-0.3, -0.25) is 0 Å². The molecular weight excluding hydrogens is 214 g/mol. The molecule has 0 bridgehead atoms. The first kappa shape index (κ1) is 15.7. The van der Waals surface area contributed by atoms with Crippen molar-refractivity contribution < 1.29 is 9.53 Å². The molecule has 0 aromatic carbocycles. The van der Waals surface area contributed by atoms with E-state index in [0.29, 0.717) is 6.61 Å². The molecule has 0 atom stereocenters. The summed E-state index contributed by atoms with van der Waals surface area (Å²) in [4.78, 5) is 11.4. The van der Waals surface area contributed by atoms with Crippen molar-refractivity contribution in [1.82, 2.24) is 0 Å². The summed E-state index contributed by atoms with van der Waals surface area (Å²) in [7, 11) is 0. The van der Waals surface area contributed by atoms with Gasteiger partial charge in [0.2, 0.25) is 0 Å². The summed E-state index contributed by atoms with van der Waals surface area (Å²) in [5.41, 5.74) is 1.03. The van der Waals surface area contributed by atoms with E-state index in [1.165, 1.54) is 19.3 Å². The minimum Gasteiger partial charge on any atom is -0.462 e. The maximum absolute atomic E-state index is 11.4. The highest BCUT2D eigenvalue weighted by atomic mass is 16.5. The Labute approximate surface area is 104 Å². The Bertz CT molecular complexity index is 300. The van der Waals surface area contributed by atoms with Crippen LogP contribution in [0.2, 0.25) is 0 Å². The van der Waals surface area contributed by atoms with Gasteiger partial charge in [0.1, 0.15) is 11.6 Å². The molecule has 0 saturated heterocycles. The quantitative estimate of drug-likeness (QED) is 0.279. The summed E-state index contributed by atoms with van der Waals surface area (Å²) >= 11 is 0. The van der Waals surface area contributed by atoms with Crippen LogP contribution in [0.4, 0.5) is 0 Å². The van der Waals surface area contributed by atoms with Crippen molar-refractivity contribution in [2.75, 3.05) is 6.61 Å². The Balaban J connectivity index is 4.16. The predicted octanol–water partition coefficient (Wildman–Crippen LogP) is 3.75. The van der Waals surface area contributed by atoms with E-state index in [9.17, 15) is 4.79 Å². The van der Waals surface area contributed by atoms with E-state index in [1.54, 1.807) is 6.92 Å². The maximum Gasteiger partial charge on any atom is 0.348 e. The van der Waals surface area contributed by atoms with Crippen LogP contribution in [0, 0.1) is 11.3 Å². The Kier molecular flexibility index (Phi) is 9.14. The molecule has 0 aliphatic carbocycles. The summed E-state index contributed by atoms with van der Waals surface area (Å²) in [6.07, 6.45) is 6.71. The van der Waals surface area contributed by atoms with Crippen molar-refractivity contribution in [2.45, 2.75) is 59.3 Å². The molecule has 0 aromatic rings. The molecule has 96 valence electrons. The van der Waals surface area contributed by atoms with E-state index in [-0.39, 0.29) is 5.57 Å². The molecular formula is C14H23NO2. The second kappa shape index (κ2) is 9.89. The van der Waals surface area contributed by atoms with Gasteiger partial charge in [0.15, 0.2) is 0 Å². The second-order valence-electron chi connectivity index (χ2n) is 4.15. The Hall–Kier alpha value is -1.30. The Morgan fingerprint density at radius 3 is 2.35 bits per heavy atom. The summed E-state index contributed by atoms with van der Waals surface area (Å²) in [5, 5.41) is 8.93. The minimum atomic E-state index is -0.485. The fraction of sp³-hybridized carbons (Fsp3) is 0.714. The molecule has 0 aliphatic rings. The summed E-state index contributed by atoms with van der Waals surface area (Å²) in [6, 6.07) is 1.94. The molecule has 0 unspecified atom stereocenters. The van der Waals surface area contributed by atoms with Crippen molar-refractivity contribution in [3.63, 3.8) is 0 Å². The summed E-state index contributed by atoms with van der Waals surface area (Å²) < 4.78 is 4.84. The van der Waals surface area contributed by atoms with Gasteiger partial charge in [-0.1, -0.05) is 32.6 Å². The number of nitriles is 1. The fourth-order valence-corrected chi connectivity index (χ4v) is 1.64. The maximum atomic E-state index is 11.4. The minimum absolute atomic E-state index is 0.183. The Morgan fingerprint density at radius 1 is 1.18 bits per heavy atom. The lowest BCUT2D eigenvalue weighted by Gasteiger charge is -2.05. The average molecular weight is 237 g/mol. The van der Waals surface area contributed by atoms with E-state index in [4.69, 9.17) is 10.00 Å². The number of hydrogen-bond acceptors (Lipinski definition) is 3. The van der Waals surface area contributed by atoms with Crippen LogP contribution in [-0.4, -0.2) is 12.6 Å². The summed E-state index contributed by atoms with van der Waals surface area (Å²) in [6.45, 7) is 6.08. The van der Waals surface area contributed by atoms with Crippen LogP contribution in [0.15, 0.2) is 11.1 Å². The van der Waals surface area contributed by atoms with E-state index in [1.807, 2.05) is 13.0 Å². The van der Waals surface area contributed by atoms with E-state index < -0.39 is 5.97 Å². The fourth-order valence-electron chi connectivity index (χ4n) is 1.64. The lowest BCUT2D eigenvalue weighted by molar-refractivity contribution is -0.138. The zero-order valence-electron chi connectivity index (χ0n) is 11.2. The van der Waals surface area contributed by atoms with Gasteiger partial charge in [0, 0.05) is 0 Å². The Morgan fingerprint density at radius 2 is 1.82 bits per heavy atom. The van der Waals surface area contributed by atoms with Gasteiger partial charge in [0.25, 0.3) is 0 Å². The SMILES string of the molecule is CCCCCCC/C(C)=C(\C#N)C(=O)OCC. The third-order valence-corrected chi connectivity index (χ3v) is 2.67. The number of rotatable bonds is 8. The third kappa shape index (κ3) is 6.78. The van der Waals surface area contributed by atoms with Crippen LogP contribution >= 0.6 is 0 Å². The normalized spacial score (nSPS) is 11.6. The number of carbonyl (C=O) groups excluding carboxylic acids is 1. The first-order chi connectivity index (χ1) is 8.17. The molecule has 0 amide bonds. The number of esters is 1. The third-order valence-electron chi connectivity index (χ3n) is 2.67. The van der Waals surface area contributed by atoms with E-state index in [0.717, 1.165) is 24.8 Å². The van der Waals surface area contributed by atoms with Crippen molar-refractivity contribution >= 4 is 5.97 Å². The smallest absolute Gasteiger partial charge is 0.348 e. The monoisotopic (exact) mass is 237 g/mol. The molecule has 0 aromatic heterocycles. The lowest BCUT2D eigenvalue weighted by atomic mass is 10.0. The molecule has 0 radical (unpaired) electrons. The van der Waals surface area contributed by atoms with Gasteiger partial charge in [-0.15, -0.1) is 0 Å². The molecule has 0 heterocycles. The molecule has 0 spiro atoms. The van der Waals surface area contributed by atoms with Crippen LogP contribution in [0.25, 0.3) is 0 Å². The zero-order chi connectivity index (χ0) is 13.1. The van der Waals surface area contributed by atoms with Gasteiger partial charge in [-0.2, -0.15) is 5.26 Å². The number of ether oxygens (including phenoxy) is 1. The molecule has 17 heavy (non-hydrogen) atoms. The largest absolute Gasteiger partial charge is 0.462 e. The van der Waals surface area contributed by atoms with Gasteiger partial charge in [-0.25, -0.2) is 4.79 Å². The average Bonchev–Trinajstić information content (AvgIpc) is 2.30. The van der Waals surface area contributed by atoms with E-state index >= 15 is 0 Å². The highest BCUT2D eigenvalue weighted by Gasteiger charge is 2.12. The molecule has 3 heteroatoms. The van der Waals surface area contributed by atoms with Gasteiger partial charge in [-0.05, 0) is 32.3 Å². The van der Waals surface area contributed by atoms with Gasteiger partial charge >= 0.3 is 5.97 Å². The predicted molar refractivity (Wildman–Crippen MR) is 68.3 cm³/mol. The van der Waals surface area contributed by atoms with Crippen molar-refractivity contribution in [1.29, 1.82) is 5.26 Å². The van der Waals surface area contributed by atoms with Crippen LogP contribution in [0.5, 0.6) is 0 Å². The van der Waals surface area contributed by atoms with Crippen LogP contribution in [-0.2, 0) is 9.53 Å². The standard InChI is InChI=1S/C14H23NO2/c1-4-6-7-8-9-10-12(3)13(11-15)14(16)17-5-2/h4-10H2,1-3H3/b13-12+. The first-order valence-corrected chi connectivity index (χ1v) is 6.44. The highest BCUT2D eigenvalue weighted by molar-refractivity contribution is 5.93. The van der Waals surface area contributed by atoms with Crippen LogP contribution in [0.3, 0.4) is 0 Å². The molecule has 0 rings (SSSR count). The van der Waals surface area contributed by atoms with E-state index in [2.05, 4.69) is 6.92 Å². The van der Waals surface area contributed by atoms with Crippen LogP contribution in [0.1, 0.15) is 59.3 Å². The van der Waals surface area contributed by atoms with Crippen LogP contribution < -0.4 is 0 Å². The molecule has 0 aliphatic heterocycles. The topological polar surface area (TPSA) is 50.1 Å². The number of hydrogen-bond donors (Lipinski definition) is 0. The molecule has 0 fully saturated rings. The van der Waals surface area contributed by atoms with Crippen molar-refractivity contribution in [2.24, 2.45) is 0 Å². The van der Waals surface area contributed by atoms with Gasteiger partial charge < -0.3 is 4.74 Å². The molecule has 3 nitrogen and oxygen atoms in total. The highest BCUT2D eigenvalue weighted by Crippen LogP contribution is 2.15. The lowest BCUT2D eigenvalue weighted by Crippen LogP contribution is -2.08. The molecule has 0 N–H and O–H groups in total. The number of carbonyl (C=O) groups is 1. The number of allylic oxidation sites excluding steroid dienone is 1. The number of nitrogens with zero attached hydrogens (tertiary/aromatic N) is 1. The zero-order valence-corrected chi connectivity index (χ0v) is 11.2.